The smallest absolute Gasteiger partial charge is 0.338 e. The Morgan fingerprint density at radius 2 is 1.48 bits per heavy atom. The molecular formula is C21H23NO3. The van der Waals surface area contributed by atoms with E-state index in [9.17, 15) is 9.59 Å². The Bertz CT molecular complexity index is 719. The maximum atomic E-state index is 12.4. The first kappa shape index (κ1) is 17.2. The summed E-state index contributed by atoms with van der Waals surface area (Å²) < 4.78 is 5.37. The number of esters is 1. The Kier molecular flexibility index (Phi) is 5.49. The van der Waals surface area contributed by atoms with Gasteiger partial charge in [-0.1, -0.05) is 42.5 Å². The molecule has 4 heteroatoms. The second-order valence-corrected chi connectivity index (χ2v) is 6.38. The molecule has 0 aliphatic carbocycles. The van der Waals surface area contributed by atoms with E-state index in [1.165, 1.54) is 0 Å². The number of amides is 1. The lowest BCUT2D eigenvalue weighted by molar-refractivity contribution is -0.140. The number of likely N-dealkylation sites (tertiary alicyclic amines) is 1. The van der Waals surface area contributed by atoms with E-state index in [4.69, 9.17) is 4.74 Å². The third kappa shape index (κ3) is 4.27. The molecule has 1 saturated heterocycles. The average Bonchev–Trinajstić information content (AvgIpc) is 2.68. The van der Waals surface area contributed by atoms with Crippen LogP contribution < -0.4 is 0 Å². The summed E-state index contributed by atoms with van der Waals surface area (Å²) in [6, 6.07) is 17.2. The van der Waals surface area contributed by atoms with Crippen molar-refractivity contribution in [2.75, 3.05) is 13.1 Å². The van der Waals surface area contributed by atoms with Gasteiger partial charge in [-0.05, 0) is 49.4 Å². The van der Waals surface area contributed by atoms with Crippen LogP contribution in [0.25, 0.3) is 11.1 Å². The molecule has 0 N–H and O–H groups in total. The molecule has 1 fully saturated rings. The van der Waals surface area contributed by atoms with E-state index in [0.29, 0.717) is 5.56 Å². The molecule has 130 valence electrons. The standard InChI is InChI=1S/C21H23NO3/c1-16(20(23)22-14-6-3-7-15-22)25-21(24)19-12-10-18(11-13-19)17-8-4-2-5-9-17/h2,4-5,8-13,16H,3,6-7,14-15H2,1H3/t16-/m0/s1. The fraction of sp³-hybridized carbons (Fsp3) is 0.333. The number of benzene rings is 2. The van der Waals surface area contributed by atoms with Crippen molar-refractivity contribution in [3.05, 3.63) is 60.2 Å². The number of carbonyl (C=O) groups excluding carboxylic acids is 2. The summed E-state index contributed by atoms with van der Waals surface area (Å²) in [7, 11) is 0. The van der Waals surface area contributed by atoms with Gasteiger partial charge in [-0.3, -0.25) is 4.79 Å². The second-order valence-electron chi connectivity index (χ2n) is 6.38. The van der Waals surface area contributed by atoms with Crippen molar-refractivity contribution in [1.82, 2.24) is 4.90 Å². The van der Waals surface area contributed by atoms with Crippen molar-refractivity contribution >= 4 is 11.9 Å². The first-order chi connectivity index (χ1) is 12.1. The number of hydrogen-bond acceptors (Lipinski definition) is 3. The summed E-state index contributed by atoms with van der Waals surface area (Å²) in [6.45, 7) is 3.16. The lowest BCUT2D eigenvalue weighted by Crippen LogP contribution is -2.42. The minimum Gasteiger partial charge on any atom is -0.449 e. The molecular weight excluding hydrogens is 314 g/mol. The molecule has 1 atom stereocenters. The molecule has 1 aliphatic rings. The lowest BCUT2D eigenvalue weighted by atomic mass is 10.0. The molecule has 0 radical (unpaired) electrons. The first-order valence-electron chi connectivity index (χ1n) is 8.80. The Balaban J connectivity index is 1.61. The van der Waals surface area contributed by atoms with Gasteiger partial charge in [-0.2, -0.15) is 0 Å². The van der Waals surface area contributed by atoms with Crippen LogP contribution in [0.2, 0.25) is 0 Å². The third-order valence-corrected chi connectivity index (χ3v) is 4.53. The molecule has 0 unspecified atom stereocenters. The van der Waals surface area contributed by atoms with Crippen molar-refractivity contribution in [3.8, 4) is 11.1 Å². The van der Waals surface area contributed by atoms with E-state index in [1.807, 2.05) is 42.5 Å². The SMILES string of the molecule is C[C@H](OC(=O)c1ccc(-c2ccccc2)cc1)C(=O)N1CCCCC1. The monoisotopic (exact) mass is 337 g/mol. The van der Waals surface area contributed by atoms with Gasteiger partial charge in [0.05, 0.1) is 5.56 Å². The van der Waals surface area contributed by atoms with Crippen molar-refractivity contribution in [3.63, 3.8) is 0 Å². The summed E-state index contributed by atoms with van der Waals surface area (Å²) in [6.07, 6.45) is 2.45. The maximum absolute atomic E-state index is 12.4. The van der Waals surface area contributed by atoms with E-state index >= 15 is 0 Å². The number of carbonyl (C=O) groups is 2. The molecule has 4 nitrogen and oxygen atoms in total. The van der Waals surface area contributed by atoms with Crippen LogP contribution in [0.4, 0.5) is 0 Å². The quantitative estimate of drug-likeness (QED) is 0.795. The predicted molar refractivity (Wildman–Crippen MR) is 97.2 cm³/mol. The third-order valence-electron chi connectivity index (χ3n) is 4.53. The molecule has 0 spiro atoms. The summed E-state index contributed by atoms with van der Waals surface area (Å²) in [5, 5.41) is 0. The van der Waals surface area contributed by atoms with E-state index in [2.05, 4.69) is 0 Å². The molecule has 1 amide bonds. The summed E-state index contributed by atoms with van der Waals surface area (Å²) >= 11 is 0. The average molecular weight is 337 g/mol. The van der Waals surface area contributed by atoms with Crippen LogP contribution >= 0.6 is 0 Å². The zero-order valence-electron chi connectivity index (χ0n) is 14.5. The van der Waals surface area contributed by atoms with Crippen molar-refractivity contribution < 1.29 is 14.3 Å². The molecule has 25 heavy (non-hydrogen) atoms. The number of hydrogen-bond donors (Lipinski definition) is 0. The molecule has 3 rings (SSSR count). The van der Waals surface area contributed by atoms with E-state index in [0.717, 1.165) is 43.5 Å². The molecule has 1 aliphatic heterocycles. The molecule has 0 saturated carbocycles. The zero-order chi connectivity index (χ0) is 17.6. The van der Waals surface area contributed by atoms with Crippen molar-refractivity contribution in [1.29, 1.82) is 0 Å². The highest BCUT2D eigenvalue weighted by Crippen LogP contribution is 2.20. The number of nitrogens with zero attached hydrogens (tertiary/aromatic N) is 1. The summed E-state index contributed by atoms with van der Waals surface area (Å²) in [5.41, 5.74) is 2.59. The normalized spacial score (nSPS) is 15.5. The van der Waals surface area contributed by atoms with Crippen LogP contribution in [-0.2, 0) is 9.53 Å². The maximum Gasteiger partial charge on any atom is 0.338 e. The predicted octanol–water partition coefficient (Wildman–Crippen LogP) is 3.91. The van der Waals surface area contributed by atoms with Gasteiger partial charge in [-0.25, -0.2) is 4.79 Å². The van der Waals surface area contributed by atoms with E-state index < -0.39 is 12.1 Å². The van der Waals surface area contributed by atoms with E-state index in [1.54, 1.807) is 24.0 Å². The first-order valence-corrected chi connectivity index (χ1v) is 8.80. The van der Waals surface area contributed by atoms with Gasteiger partial charge >= 0.3 is 5.97 Å². The van der Waals surface area contributed by atoms with Crippen LogP contribution in [0.3, 0.4) is 0 Å². The second kappa shape index (κ2) is 7.97. The fourth-order valence-corrected chi connectivity index (χ4v) is 3.08. The highest BCUT2D eigenvalue weighted by atomic mass is 16.5. The van der Waals surface area contributed by atoms with Gasteiger partial charge in [0.15, 0.2) is 6.10 Å². The summed E-state index contributed by atoms with van der Waals surface area (Å²) in [5.74, 6) is -0.563. The van der Waals surface area contributed by atoms with Crippen LogP contribution in [0.1, 0.15) is 36.5 Å². The van der Waals surface area contributed by atoms with Crippen molar-refractivity contribution in [2.45, 2.75) is 32.3 Å². The van der Waals surface area contributed by atoms with E-state index in [-0.39, 0.29) is 5.91 Å². The van der Waals surface area contributed by atoms with Gasteiger partial charge in [0.2, 0.25) is 0 Å². The highest BCUT2D eigenvalue weighted by Gasteiger charge is 2.25. The largest absolute Gasteiger partial charge is 0.449 e. The Morgan fingerprint density at radius 1 is 0.880 bits per heavy atom. The number of ether oxygens (including phenoxy) is 1. The van der Waals surface area contributed by atoms with Crippen LogP contribution in [0, 0.1) is 0 Å². The molecule has 0 aromatic heterocycles. The zero-order valence-corrected chi connectivity index (χ0v) is 14.5. The number of piperidine rings is 1. The van der Waals surface area contributed by atoms with Gasteiger partial charge in [0.1, 0.15) is 0 Å². The van der Waals surface area contributed by atoms with Crippen LogP contribution in [0.5, 0.6) is 0 Å². The number of rotatable bonds is 4. The Morgan fingerprint density at radius 3 is 2.12 bits per heavy atom. The minimum atomic E-state index is -0.751. The fourth-order valence-electron chi connectivity index (χ4n) is 3.08. The van der Waals surface area contributed by atoms with Gasteiger partial charge in [-0.15, -0.1) is 0 Å². The molecule has 1 heterocycles. The molecule has 2 aromatic rings. The lowest BCUT2D eigenvalue weighted by Gasteiger charge is -2.28. The highest BCUT2D eigenvalue weighted by molar-refractivity contribution is 5.92. The van der Waals surface area contributed by atoms with Crippen LogP contribution in [-0.4, -0.2) is 36.0 Å². The van der Waals surface area contributed by atoms with Gasteiger partial charge in [0, 0.05) is 13.1 Å². The Labute approximate surface area is 148 Å². The van der Waals surface area contributed by atoms with Gasteiger partial charge < -0.3 is 9.64 Å². The summed E-state index contributed by atoms with van der Waals surface area (Å²) in [4.78, 5) is 26.4. The van der Waals surface area contributed by atoms with Crippen molar-refractivity contribution in [2.24, 2.45) is 0 Å². The van der Waals surface area contributed by atoms with Crippen LogP contribution in [0.15, 0.2) is 54.6 Å². The molecule has 0 bridgehead atoms. The minimum absolute atomic E-state index is 0.103. The Hall–Kier alpha value is -2.62. The topological polar surface area (TPSA) is 46.6 Å². The van der Waals surface area contributed by atoms with Gasteiger partial charge in [0.25, 0.3) is 5.91 Å². The molecule has 2 aromatic carbocycles.